The van der Waals surface area contributed by atoms with Gasteiger partial charge in [-0.05, 0) is 19.8 Å². The molecule has 0 radical (unpaired) electrons. The summed E-state index contributed by atoms with van der Waals surface area (Å²) in [5.74, 6) is 0.378. The lowest BCUT2D eigenvalue weighted by molar-refractivity contribution is -0.00494. The zero-order valence-electron chi connectivity index (χ0n) is 11.0. The quantitative estimate of drug-likeness (QED) is 0.889. The molecule has 1 N–H and O–H groups in total. The molecule has 0 aromatic carbocycles. The van der Waals surface area contributed by atoms with Gasteiger partial charge in [-0.2, -0.15) is 4.98 Å². The van der Waals surface area contributed by atoms with Crippen LogP contribution in [0.5, 0.6) is 0 Å². The highest BCUT2D eigenvalue weighted by atomic mass is 19.1. The molecule has 1 aliphatic heterocycles. The van der Waals surface area contributed by atoms with Crippen molar-refractivity contribution in [3.05, 3.63) is 12.0 Å². The van der Waals surface area contributed by atoms with Gasteiger partial charge in [-0.3, -0.25) is 0 Å². The second kappa shape index (κ2) is 5.06. The van der Waals surface area contributed by atoms with E-state index < -0.39 is 5.82 Å². The number of rotatable bonds is 3. The van der Waals surface area contributed by atoms with Crippen molar-refractivity contribution >= 4 is 11.8 Å². The first-order valence-electron chi connectivity index (χ1n) is 6.08. The maximum atomic E-state index is 13.8. The SMILES string of the molecule is CNc1ncc(F)c(N2CCCC(C)(OC)C2)n1. The number of ether oxygens (including phenoxy) is 1. The summed E-state index contributed by atoms with van der Waals surface area (Å²) in [6.45, 7) is 3.47. The third kappa shape index (κ3) is 2.53. The molecular weight excluding hydrogens is 235 g/mol. The average molecular weight is 254 g/mol. The summed E-state index contributed by atoms with van der Waals surface area (Å²) in [6.07, 6.45) is 3.14. The van der Waals surface area contributed by atoms with Gasteiger partial charge in [-0.15, -0.1) is 0 Å². The number of hydrogen-bond donors (Lipinski definition) is 1. The van der Waals surface area contributed by atoms with Gasteiger partial charge >= 0.3 is 0 Å². The number of anilines is 2. The van der Waals surface area contributed by atoms with Crippen LogP contribution in [0, 0.1) is 5.82 Å². The van der Waals surface area contributed by atoms with E-state index in [9.17, 15) is 4.39 Å². The first-order chi connectivity index (χ1) is 8.58. The van der Waals surface area contributed by atoms with Gasteiger partial charge in [0.1, 0.15) is 0 Å². The summed E-state index contributed by atoms with van der Waals surface area (Å²) in [6, 6.07) is 0. The molecule has 6 heteroatoms. The molecule has 1 atom stereocenters. The van der Waals surface area contributed by atoms with Gasteiger partial charge in [0, 0.05) is 27.2 Å². The Bertz CT molecular complexity index is 429. The molecule has 100 valence electrons. The number of hydrogen-bond acceptors (Lipinski definition) is 5. The second-order valence-electron chi connectivity index (χ2n) is 4.79. The van der Waals surface area contributed by atoms with Crippen LogP contribution in [0.1, 0.15) is 19.8 Å². The highest BCUT2D eigenvalue weighted by Crippen LogP contribution is 2.28. The largest absolute Gasteiger partial charge is 0.377 e. The molecule has 18 heavy (non-hydrogen) atoms. The molecule has 1 aromatic heterocycles. The van der Waals surface area contributed by atoms with Crippen molar-refractivity contribution in [2.45, 2.75) is 25.4 Å². The van der Waals surface area contributed by atoms with Crippen molar-refractivity contribution in [1.29, 1.82) is 0 Å². The Morgan fingerprint density at radius 1 is 1.56 bits per heavy atom. The Hall–Kier alpha value is -1.43. The zero-order valence-corrected chi connectivity index (χ0v) is 11.0. The van der Waals surface area contributed by atoms with Gasteiger partial charge in [0.05, 0.1) is 11.8 Å². The lowest BCUT2D eigenvalue weighted by atomic mass is 9.95. The van der Waals surface area contributed by atoms with Crippen LogP contribution in [-0.4, -0.2) is 42.8 Å². The van der Waals surface area contributed by atoms with Crippen LogP contribution in [0.15, 0.2) is 6.20 Å². The summed E-state index contributed by atoms with van der Waals surface area (Å²) in [5.41, 5.74) is -0.241. The Kier molecular flexibility index (Phi) is 3.65. The molecule has 1 aliphatic rings. The van der Waals surface area contributed by atoms with E-state index in [1.165, 1.54) is 6.20 Å². The third-order valence-electron chi connectivity index (χ3n) is 3.40. The van der Waals surface area contributed by atoms with Gasteiger partial charge in [-0.1, -0.05) is 0 Å². The minimum atomic E-state index is -0.394. The predicted molar refractivity (Wildman–Crippen MR) is 68.4 cm³/mol. The van der Waals surface area contributed by atoms with Crippen molar-refractivity contribution in [2.75, 3.05) is 37.5 Å². The molecular formula is C12H19FN4O. The fourth-order valence-electron chi connectivity index (χ4n) is 2.25. The highest BCUT2D eigenvalue weighted by Gasteiger charge is 2.32. The van der Waals surface area contributed by atoms with Crippen LogP contribution in [-0.2, 0) is 4.74 Å². The highest BCUT2D eigenvalue weighted by molar-refractivity contribution is 5.44. The van der Waals surface area contributed by atoms with E-state index in [1.807, 2.05) is 11.8 Å². The number of methoxy groups -OCH3 is 1. The standard InChI is InChI=1S/C12H19FN4O/c1-12(18-3)5-4-6-17(8-12)10-9(13)7-15-11(14-2)16-10/h7H,4-6,8H2,1-3H3,(H,14,15,16). The first kappa shape index (κ1) is 13.0. The normalized spacial score (nSPS) is 24.1. The van der Waals surface area contributed by atoms with Crippen LogP contribution in [0.4, 0.5) is 16.2 Å². The molecule has 0 spiro atoms. The molecule has 2 rings (SSSR count). The number of nitrogens with one attached hydrogen (secondary N) is 1. The van der Waals surface area contributed by atoms with Crippen LogP contribution in [0.2, 0.25) is 0 Å². The smallest absolute Gasteiger partial charge is 0.224 e. The van der Waals surface area contributed by atoms with Gasteiger partial charge in [0.25, 0.3) is 0 Å². The van der Waals surface area contributed by atoms with Gasteiger partial charge in [0.2, 0.25) is 5.95 Å². The van der Waals surface area contributed by atoms with E-state index in [4.69, 9.17) is 4.74 Å². The summed E-state index contributed by atoms with van der Waals surface area (Å²) in [5, 5.41) is 2.82. The van der Waals surface area contributed by atoms with Crippen molar-refractivity contribution in [3.8, 4) is 0 Å². The fraction of sp³-hybridized carbons (Fsp3) is 0.667. The van der Waals surface area contributed by atoms with Gasteiger partial charge < -0.3 is 15.0 Å². The molecule has 1 fully saturated rings. The van der Waals surface area contributed by atoms with Crippen molar-refractivity contribution in [2.24, 2.45) is 0 Å². The van der Waals surface area contributed by atoms with Crippen LogP contribution in [0.3, 0.4) is 0 Å². The number of halogens is 1. The molecule has 1 saturated heterocycles. The average Bonchev–Trinajstić information content (AvgIpc) is 2.39. The third-order valence-corrected chi connectivity index (χ3v) is 3.40. The van der Waals surface area contributed by atoms with Gasteiger partial charge in [0.15, 0.2) is 11.6 Å². The molecule has 2 heterocycles. The summed E-state index contributed by atoms with van der Waals surface area (Å²) in [4.78, 5) is 9.96. The zero-order chi connectivity index (χ0) is 13.2. The maximum Gasteiger partial charge on any atom is 0.224 e. The fourth-order valence-corrected chi connectivity index (χ4v) is 2.25. The molecule has 0 aliphatic carbocycles. The summed E-state index contributed by atoms with van der Waals surface area (Å²) < 4.78 is 19.3. The number of piperidine rings is 1. The first-order valence-corrected chi connectivity index (χ1v) is 6.08. The van der Waals surface area contributed by atoms with E-state index in [2.05, 4.69) is 15.3 Å². The van der Waals surface area contributed by atoms with E-state index in [1.54, 1.807) is 14.2 Å². The van der Waals surface area contributed by atoms with Crippen molar-refractivity contribution in [3.63, 3.8) is 0 Å². The van der Waals surface area contributed by atoms with E-state index in [0.717, 1.165) is 19.4 Å². The predicted octanol–water partition coefficient (Wildman–Crippen LogP) is 1.66. The van der Waals surface area contributed by atoms with Crippen LogP contribution >= 0.6 is 0 Å². The lowest BCUT2D eigenvalue weighted by Gasteiger charge is -2.40. The minimum absolute atomic E-state index is 0.241. The van der Waals surface area contributed by atoms with Crippen LogP contribution in [0.25, 0.3) is 0 Å². The molecule has 0 amide bonds. The van der Waals surface area contributed by atoms with Crippen molar-refractivity contribution in [1.82, 2.24) is 9.97 Å². The van der Waals surface area contributed by atoms with E-state index >= 15 is 0 Å². The molecule has 1 aromatic rings. The van der Waals surface area contributed by atoms with E-state index in [0.29, 0.717) is 18.3 Å². The molecule has 5 nitrogen and oxygen atoms in total. The van der Waals surface area contributed by atoms with Crippen LogP contribution < -0.4 is 10.2 Å². The molecule has 0 saturated carbocycles. The number of nitrogens with zero attached hydrogens (tertiary/aromatic N) is 3. The van der Waals surface area contributed by atoms with Crippen molar-refractivity contribution < 1.29 is 9.13 Å². The minimum Gasteiger partial charge on any atom is -0.377 e. The Morgan fingerprint density at radius 3 is 3.00 bits per heavy atom. The van der Waals surface area contributed by atoms with E-state index in [-0.39, 0.29) is 5.60 Å². The van der Waals surface area contributed by atoms with Gasteiger partial charge in [-0.25, -0.2) is 9.37 Å². The topological polar surface area (TPSA) is 50.3 Å². The Balaban J connectivity index is 2.25. The lowest BCUT2D eigenvalue weighted by Crippen LogP contribution is -2.48. The maximum absolute atomic E-state index is 13.8. The monoisotopic (exact) mass is 254 g/mol. The summed E-state index contributed by atoms with van der Waals surface area (Å²) >= 11 is 0. The summed E-state index contributed by atoms with van der Waals surface area (Å²) in [7, 11) is 3.41. The Labute approximate surface area is 106 Å². The Morgan fingerprint density at radius 2 is 2.33 bits per heavy atom. The second-order valence-corrected chi connectivity index (χ2v) is 4.79. The molecule has 0 bridgehead atoms. The molecule has 1 unspecified atom stereocenters. The number of aromatic nitrogens is 2.